The molecule has 0 bridgehead atoms. The zero-order valence-corrected chi connectivity index (χ0v) is 16.8. The van der Waals surface area contributed by atoms with Crippen LogP contribution in [0.3, 0.4) is 0 Å². The molecule has 1 atom stereocenters. The Morgan fingerprint density at radius 2 is 1.62 bits per heavy atom. The highest BCUT2D eigenvalue weighted by Gasteiger charge is 2.27. The Morgan fingerprint density at radius 3 is 2.24 bits per heavy atom. The number of carbonyl (C=O) groups excluding carboxylic acids is 2. The minimum Gasteiger partial charge on any atom is -0.481 e. The molecule has 0 saturated heterocycles. The highest BCUT2D eigenvalue weighted by Crippen LogP contribution is 2.17. The topological polar surface area (TPSA) is 58.6 Å². The van der Waals surface area contributed by atoms with E-state index in [-0.39, 0.29) is 29.7 Å². The van der Waals surface area contributed by atoms with Crippen molar-refractivity contribution < 1.29 is 23.1 Å². The molecule has 2 amide bonds. The van der Waals surface area contributed by atoms with Gasteiger partial charge < -0.3 is 15.0 Å². The van der Waals surface area contributed by atoms with Gasteiger partial charge in [0.15, 0.2) is 18.2 Å². The third kappa shape index (κ3) is 6.55. The number of hydrogen-bond donors (Lipinski definition) is 1. The van der Waals surface area contributed by atoms with Gasteiger partial charge in [0.2, 0.25) is 5.91 Å². The van der Waals surface area contributed by atoms with Crippen LogP contribution in [0, 0.1) is 17.6 Å². The standard InChI is InChI=1S/C22H26F2N2O3/c1-15(2)12-25-22(28)16(3)26(13-17-8-4-5-9-18(17)23)21(27)14-29-20-11-7-6-10-19(20)24/h4-11,15-16H,12-14H2,1-3H3,(H,25,28). The molecule has 0 aromatic heterocycles. The molecule has 156 valence electrons. The average molecular weight is 404 g/mol. The zero-order chi connectivity index (χ0) is 21.4. The Hall–Kier alpha value is -2.96. The molecule has 2 aromatic carbocycles. The van der Waals surface area contributed by atoms with Crippen LogP contribution in [-0.2, 0) is 16.1 Å². The van der Waals surface area contributed by atoms with E-state index in [1.807, 2.05) is 13.8 Å². The van der Waals surface area contributed by atoms with Gasteiger partial charge >= 0.3 is 0 Å². The molecule has 2 aromatic rings. The molecule has 0 fully saturated rings. The molecule has 5 nitrogen and oxygen atoms in total. The molecule has 0 spiro atoms. The third-order valence-electron chi connectivity index (χ3n) is 4.34. The largest absolute Gasteiger partial charge is 0.481 e. The normalized spacial score (nSPS) is 11.8. The van der Waals surface area contributed by atoms with Gasteiger partial charge in [0.05, 0.1) is 0 Å². The predicted molar refractivity (Wildman–Crippen MR) is 106 cm³/mol. The van der Waals surface area contributed by atoms with E-state index in [0.29, 0.717) is 6.54 Å². The number of benzene rings is 2. The molecule has 0 aliphatic carbocycles. The highest BCUT2D eigenvalue weighted by atomic mass is 19.1. The quantitative estimate of drug-likeness (QED) is 0.696. The number of nitrogens with zero attached hydrogens (tertiary/aromatic N) is 1. The maximum Gasteiger partial charge on any atom is 0.261 e. The average Bonchev–Trinajstić information content (AvgIpc) is 2.70. The van der Waals surface area contributed by atoms with E-state index in [1.54, 1.807) is 31.2 Å². The summed E-state index contributed by atoms with van der Waals surface area (Å²) in [6.07, 6.45) is 0. The first-order valence-electron chi connectivity index (χ1n) is 9.47. The second kappa shape index (κ2) is 10.5. The molecule has 1 N–H and O–H groups in total. The summed E-state index contributed by atoms with van der Waals surface area (Å²) in [5, 5.41) is 2.77. The van der Waals surface area contributed by atoms with Crippen LogP contribution in [0.4, 0.5) is 8.78 Å². The van der Waals surface area contributed by atoms with Gasteiger partial charge in [0.1, 0.15) is 11.9 Å². The summed E-state index contributed by atoms with van der Waals surface area (Å²) in [4.78, 5) is 26.5. The molecule has 0 aliphatic rings. The van der Waals surface area contributed by atoms with Crippen molar-refractivity contribution in [3.8, 4) is 5.75 Å². The van der Waals surface area contributed by atoms with Crippen molar-refractivity contribution in [1.82, 2.24) is 10.2 Å². The molecule has 1 unspecified atom stereocenters. The molecular weight excluding hydrogens is 378 g/mol. The lowest BCUT2D eigenvalue weighted by atomic mass is 10.1. The van der Waals surface area contributed by atoms with E-state index < -0.39 is 30.2 Å². The lowest BCUT2D eigenvalue weighted by Gasteiger charge is -2.29. The number of carbonyl (C=O) groups is 2. The monoisotopic (exact) mass is 404 g/mol. The molecule has 0 aliphatic heterocycles. The van der Waals surface area contributed by atoms with Gasteiger partial charge in [-0.05, 0) is 31.0 Å². The fourth-order valence-electron chi connectivity index (χ4n) is 2.63. The summed E-state index contributed by atoms with van der Waals surface area (Å²) in [7, 11) is 0. The third-order valence-corrected chi connectivity index (χ3v) is 4.34. The van der Waals surface area contributed by atoms with Crippen LogP contribution in [0.25, 0.3) is 0 Å². The fraction of sp³-hybridized carbons (Fsp3) is 0.364. The van der Waals surface area contributed by atoms with Crippen LogP contribution in [0.15, 0.2) is 48.5 Å². The van der Waals surface area contributed by atoms with Crippen LogP contribution in [-0.4, -0.2) is 35.9 Å². The van der Waals surface area contributed by atoms with Gasteiger partial charge in [-0.2, -0.15) is 0 Å². The van der Waals surface area contributed by atoms with E-state index in [1.165, 1.54) is 29.2 Å². The Labute approximate surface area is 169 Å². The molecule has 0 heterocycles. The van der Waals surface area contributed by atoms with Crippen molar-refractivity contribution in [1.29, 1.82) is 0 Å². The summed E-state index contributed by atoms with van der Waals surface area (Å²) >= 11 is 0. The lowest BCUT2D eigenvalue weighted by Crippen LogP contribution is -2.49. The zero-order valence-electron chi connectivity index (χ0n) is 16.8. The molecular formula is C22H26F2N2O3. The molecule has 0 radical (unpaired) electrons. The van der Waals surface area contributed by atoms with Gasteiger partial charge in [0.25, 0.3) is 5.91 Å². The summed E-state index contributed by atoms with van der Waals surface area (Å²) in [5.74, 6) is -1.80. The lowest BCUT2D eigenvalue weighted by molar-refractivity contribution is -0.142. The number of ether oxygens (including phenoxy) is 1. The van der Waals surface area contributed by atoms with Crippen molar-refractivity contribution in [2.75, 3.05) is 13.2 Å². The smallest absolute Gasteiger partial charge is 0.261 e. The highest BCUT2D eigenvalue weighted by molar-refractivity contribution is 5.87. The number of amides is 2. The van der Waals surface area contributed by atoms with Crippen LogP contribution < -0.4 is 10.1 Å². The van der Waals surface area contributed by atoms with E-state index in [2.05, 4.69) is 5.32 Å². The maximum atomic E-state index is 14.1. The fourth-order valence-corrected chi connectivity index (χ4v) is 2.63. The van der Waals surface area contributed by atoms with Crippen molar-refractivity contribution in [2.45, 2.75) is 33.4 Å². The van der Waals surface area contributed by atoms with E-state index in [9.17, 15) is 18.4 Å². The van der Waals surface area contributed by atoms with E-state index in [0.717, 1.165) is 0 Å². The first-order valence-corrected chi connectivity index (χ1v) is 9.47. The van der Waals surface area contributed by atoms with Gasteiger partial charge in [-0.25, -0.2) is 8.78 Å². The van der Waals surface area contributed by atoms with Crippen LogP contribution in [0.1, 0.15) is 26.3 Å². The molecule has 7 heteroatoms. The summed E-state index contributed by atoms with van der Waals surface area (Å²) in [6.45, 7) is 5.35. The Kier molecular flexibility index (Phi) is 8.12. The van der Waals surface area contributed by atoms with Gasteiger partial charge in [-0.3, -0.25) is 9.59 Å². The number of halogens is 2. The Balaban J connectivity index is 2.16. The second-order valence-electron chi connectivity index (χ2n) is 7.15. The minimum absolute atomic E-state index is 0.0661. The van der Waals surface area contributed by atoms with Crippen molar-refractivity contribution in [2.24, 2.45) is 5.92 Å². The van der Waals surface area contributed by atoms with Crippen molar-refractivity contribution in [3.05, 3.63) is 65.7 Å². The SMILES string of the molecule is CC(C)CNC(=O)C(C)N(Cc1ccccc1F)C(=O)COc1ccccc1F. The molecule has 2 rings (SSSR count). The van der Waals surface area contributed by atoms with Crippen molar-refractivity contribution in [3.63, 3.8) is 0 Å². The summed E-state index contributed by atoms with van der Waals surface area (Å²) in [5.41, 5.74) is 0.273. The van der Waals surface area contributed by atoms with Gasteiger partial charge in [-0.15, -0.1) is 0 Å². The van der Waals surface area contributed by atoms with Crippen LogP contribution >= 0.6 is 0 Å². The van der Waals surface area contributed by atoms with E-state index >= 15 is 0 Å². The predicted octanol–water partition coefficient (Wildman–Crippen LogP) is 3.53. The number of rotatable bonds is 9. The van der Waals surface area contributed by atoms with Crippen LogP contribution in [0.2, 0.25) is 0 Å². The summed E-state index contributed by atoms with van der Waals surface area (Å²) in [6, 6.07) is 10.9. The molecule has 29 heavy (non-hydrogen) atoms. The minimum atomic E-state index is -0.856. The van der Waals surface area contributed by atoms with E-state index in [4.69, 9.17) is 4.74 Å². The van der Waals surface area contributed by atoms with Gasteiger partial charge in [-0.1, -0.05) is 44.2 Å². The number of hydrogen-bond acceptors (Lipinski definition) is 3. The first-order chi connectivity index (χ1) is 13.8. The Morgan fingerprint density at radius 1 is 1.00 bits per heavy atom. The summed E-state index contributed by atoms with van der Waals surface area (Å²) < 4.78 is 33.1. The van der Waals surface area contributed by atoms with Crippen molar-refractivity contribution >= 4 is 11.8 Å². The number of nitrogens with one attached hydrogen (secondary N) is 1. The maximum absolute atomic E-state index is 14.1. The van der Waals surface area contributed by atoms with Crippen LogP contribution in [0.5, 0.6) is 5.75 Å². The van der Waals surface area contributed by atoms with Gasteiger partial charge in [0, 0.05) is 18.7 Å². The molecule has 0 saturated carbocycles. The Bertz CT molecular complexity index is 842. The number of para-hydroxylation sites is 1. The second-order valence-corrected chi connectivity index (χ2v) is 7.15. The first kappa shape index (κ1) is 22.3.